The van der Waals surface area contributed by atoms with E-state index in [9.17, 15) is 5.11 Å². The van der Waals surface area contributed by atoms with Gasteiger partial charge in [0, 0.05) is 29.6 Å². The molecule has 0 fully saturated rings. The van der Waals surface area contributed by atoms with Gasteiger partial charge in [-0.05, 0) is 12.1 Å². The standard InChI is InChI=1S/C14H19ClN2O2/c1-9(2)16-8-13(18)14-7-12(17-19-14)10-4-3-5-11(15)6-10/h3-6,9,13-14,16,18H,7-8H2,1-2H3/t13-,14+/m0/s1. The molecule has 0 aromatic heterocycles. The molecule has 0 saturated heterocycles. The van der Waals surface area contributed by atoms with Gasteiger partial charge >= 0.3 is 0 Å². The summed E-state index contributed by atoms with van der Waals surface area (Å²) in [4.78, 5) is 5.31. The lowest BCUT2D eigenvalue weighted by Gasteiger charge is -2.18. The summed E-state index contributed by atoms with van der Waals surface area (Å²) in [6.07, 6.45) is -0.260. The van der Waals surface area contributed by atoms with Crippen molar-refractivity contribution in [3.8, 4) is 0 Å². The molecule has 1 aliphatic rings. The number of aliphatic hydroxyl groups is 1. The summed E-state index contributed by atoms with van der Waals surface area (Å²) in [7, 11) is 0. The fraction of sp³-hybridized carbons (Fsp3) is 0.500. The quantitative estimate of drug-likeness (QED) is 0.870. The summed E-state index contributed by atoms with van der Waals surface area (Å²) in [6.45, 7) is 4.58. The number of aliphatic hydroxyl groups excluding tert-OH is 1. The molecule has 1 aromatic carbocycles. The van der Waals surface area contributed by atoms with Crippen molar-refractivity contribution in [2.75, 3.05) is 6.54 Å². The molecule has 0 amide bonds. The summed E-state index contributed by atoms with van der Waals surface area (Å²) in [5.74, 6) is 0. The molecule has 0 unspecified atom stereocenters. The summed E-state index contributed by atoms with van der Waals surface area (Å²) < 4.78 is 0. The third-order valence-electron chi connectivity index (χ3n) is 3.02. The molecular formula is C14H19ClN2O2. The van der Waals surface area contributed by atoms with Crippen LogP contribution in [-0.2, 0) is 4.84 Å². The molecule has 2 rings (SSSR count). The van der Waals surface area contributed by atoms with Gasteiger partial charge in [-0.3, -0.25) is 0 Å². The van der Waals surface area contributed by atoms with Crippen LogP contribution in [0.3, 0.4) is 0 Å². The van der Waals surface area contributed by atoms with Crippen molar-refractivity contribution in [2.45, 2.75) is 38.5 Å². The van der Waals surface area contributed by atoms with Crippen molar-refractivity contribution in [3.63, 3.8) is 0 Å². The van der Waals surface area contributed by atoms with Crippen LogP contribution < -0.4 is 5.32 Å². The molecule has 0 radical (unpaired) electrons. The Hall–Kier alpha value is -1.10. The molecule has 2 atom stereocenters. The lowest BCUT2D eigenvalue weighted by molar-refractivity contribution is -0.0166. The number of halogens is 1. The second-order valence-corrected chi connectivity index (χ2v) is 5.46. The van der Waals surface area contributed by atoms with Gasteiger partial charge in [-0.25, -0.2) is 0 Å². The van der Waals surface area contributed by atoms with Crippen LogP contribution in [0.25, 0.3) is 0 Å². The van der Waals surface area contributed by atoms with Gasteiger partial charge in [0.15, 0.2) is 6.10 Å². The molecule has 2 N–H and O–H groups in total. The monoisotopic (exact) mass is 282 g/mol. The zero-order valence-corrected chi connectivity index (χ0v) is 11.9. The van der Waals surface area contributed by atoms with Crippen LogP contribution in [0.2, 0.25) is 5.02 Å². The van der Waals surface area contributed by atoms with Gasteiger partial charge in [0.25, 0.3) is 0 Å². The highest BCUT2D eigenvalue weighted by Crippen LogP contribution is 2.21. The van der Waals surface area contributed by atoms with Gasteiger partial charge in [0.05, 0.1) is 5.71 Å². The van der Waals surface area contributed by atoms with E-state index in [-0.39, 0.29) is 6.10 Å². The van der Waals surface area contributed by atoms with E-state index < -0.39 is 6.10 Å². The maximum atomic E-state index is 10.0. The smallest absolute Gasteiger partial charge is 0.160 e. The van der Waals surface area contributed by atoms with E-state index in [1.807, 2.05) is 38.1 Å². The van der Waals surface area contributed by atoms with Gasteiger partial charge in [-0.15, -0.1) is 0 Å². The van der Waals surface area contributed by atoms with Crippen molar-refractivity contribution in [3.05, 3.63) is 34.9 Å². The zero-order chi connectivity index (χ0) is 13.8. The minimum atomic E-state index is -0.567. The van der Waals surface area contributed by atoms with Crippen molar-refractivity contribution in [1.29, 1.82) is 0 Å². The molecular weight excluding hydrogens is 264 g/mol. The first-order valence-corrected chi connectivity index (χ1v) is 6.84. The molecule has 19 heavy (non-hydrogen) atoms. The number of benzene rings is 1. The summed E-state index contributed by atoms with van der Waals surface area (Å²) >= 11 is 5.95. The van der Waals surface area contributed by atoms with Gasteiger partial charge in [-0.1, -0.05) is 42.7 Å². The Labute approximate surface area is 118 Å². The highest BCUT2D eigenvalue weighted by Gasteiger charge is 2.28. The average Bonchev–Trinajstić information content (AvgIpc) is 2.85. The van der Waals surface area contributed by atoms with Crippen molar-refractivity contribution in [2.24, 2.45) is 5.16 Å². The van der Waals surface area contributed by atoms with Crippen LogP contribution in [0.15, 0.2) is 29.4 Å². The van der Waals surface area contributed by atoms with Crippen LogP contribution in [0.1, 0.15) is 25.8 Å². The predicted octanol–water partition coefficient (Wildman–Crippen LogP) is 2.19. The lowest BCUT2D eigenvalue weighted by Crippen LogP contribution is -2.39. The Kier molecular flexibility index (Phi) is 4.80. The normalized spacial score (nSPS) is 20.3. The zero-order valence-electron chi connectivity index (χ0n) is 11.1. The molecule has 0 saturated carbocycles. The maximum Gasteiger partial charge on any atom is 0.160 e. The SMILES string of the molecule is CC(C)NC[C@H](O)[C@H]1CC(c2cccc(Cl)c2)=NO1. The van der Waals surface area contributed by atoms with E-state index in [4.69, 9.17) is 16.4 Å². The molecule has 0 spiro atoms. The number of oxime groups is 1. The summed E-state index contributed by atoms with van der Waals surface area (Å²) in [6, 6.07) is 7.83. The third-order valence-corrected chi connectivity index (χ3v) is 3.25. The molecule has 0 bridgehead atoms. The summed E-state index contributed by atoms with van der Waals surface area (Å²) in [5.41, 5.74) is 1.77. The average molecular weight is 283 g/mol. The highest BCUT2D eigenvalue weighted by molar-refractivity contribution is 6.31. The molecule has 5 heteroatoms. The molecule has 1 aliphatic heterocycles. The van der Waals surface area contributed by atoms with Gasteiger partial charge in [0.2, 0.25) is 0 Å². The van der Waals surface area contributed by atoms with Crippen molar-refractivity contribution < 1.29 is 9.94 Å². The number of nitrogens with zero attached hydrogens (tertiary/aromatic N) is 1. The molecule has 4 nitrogen and oxygen atoms in total. The third kappa shape index (κ3) is 3.93. The maximum absolute atomic E-state index is 10.0. The number of nitrogens with one attached hydrogen (secondary N) is 1. The number of hydrogen-bond acceptors (Lipinski definition) is 4. The van der Waals surface area contributed by atoms with E-state index in [0.717, 1.165) is 11.3 Å². The van der Waals surface area contributed by atoms with Crippen molar-refractivity contribution in [1.82, 2.24) is 5.32 Å². The van der Waals surface area contributed by atoms with Crippen LogP contribution in [0.5, 0.6) is 0 Å². The van der Waals surface area contributed by atoms with E-state index in [2.05, 4.69) is 10.5 Å². The van der Waals surface area contributed by atoms with E-state index in [1.54, 1.807) is 0 Å². The second-order valence-electron chi connectivity index (χ2n) is 5.03. The molecule has 104 valence electrons. The largest absolute Gasteiger partial charge is 0.389 e. The fourth-order valence-electron chi connectivity index (χ4n) is 1.93. The lowest BCUT2D eigenvalue weighted by atomic mass is 10.0. The van der Waals surface area contributed by atoms with Crippen molar-refractivity contribution >= 4 is 17.3 Å². The van der Waals surface area contributed by atoms with Crippen LogP contribution in [0.4, 0.5) is 0 Å². The topological polar surface area (TPSA) is 53.8 Å². The Morgan fingerprint density at radius 2 is 2.32 bits per heavy atom. The molecule has 0 aliphatic carbocycles. The number of rotatable bonds is 5. The van der Waals surface area contributed by atoms with Gasteiger partial charge < -0.3 is 15.3 Å². The minimum Gasteiger partial charge on any atom is -0.389 e. The van der Waals surface area contributed by atoms with Gasteiger partial charge in [0.1, 0.15) is 6.10 Å². The minimum absolute atomic E-state index is 0.291. The summed E-state index contributed by atoms with van der Waals surface area (Å²) in [5, 5.41) is 17.9. The van der Waals surface area contributed by atoms with Crippen LogP contribution >= 0.6 is 11.6 Å². The second kappa shape index (κ2) is 6.37. The van der Waals surface area contributed by atoms with Crippen LogP contribution in [-0.4, -0.2) is 35.6 Å². The number of hydrogen-bond donors (Lipinski definition) is 2. The Morgan fingerprint density at radius 1 is 1.53 bits per heavy atom. The first-order valence-electron chi connectivity index (χ1n) is 6.46. The van der Waals surface area contributed by atoms with E-state index >= 15 is 0 Å². The predicted molar refractivity (Wildman–Crippen MR) is 76.6 cm³/mol. The molecule has 1 heterocycles. The molecule has 1 aromatic rings. The Balaban J connectivity index is 1.92. The first-order chi connectivity index (χ1) is 9.06. The Morgan fingerprint density at radius 3 is 3.00 bits per heavy atom. The first kappa shape index (κ1) is 14.3. The van der Waals surface area contributed by atoms with Crippen LogP contribution in [0, 0.1) is 0 Å². The van der Waals surface area contributed by atoms with E-state index in [1.165, 1.54) is 0 Å². The van der Waals surface area contributed by atoms with E-state index in [0.29, 0.717) is 24.0 Å². The van der Waals surface area contributed by atoms with Gasteiger partial charge in [-0.2, -0.15) is 0 Å². The Bertz CT molecular complexity index is 463. The highest BCUT2D eigenvalue weighted by atomic mass is 35.5. The fourth-order valence-corrected chi connectivity index (χ4v) is 2.12.